The summed E-state index contributed by atoms with van der Waals surface area (Å²) in [6, 6.07) is 5.22. The molecule has 74 valence electrons. The number of fused-ring (bicyclic) bond motifs is 1. The molecule has 1 nitrogen and oxygen atoms in total. The van der Waals surface area contributed by atoms with E-state index >= 15 is 0 Å². The molecule has 1 N–H and O–H groups in total. The van der Waals surface area contributed by atoms with Gasteiger partial charge < -0.3 is 5.32 Å². The highest BCUT2D eigenvalue weighted by atomic mass is 19.1. The maximum absolute atomic E-state index is 13.1. The summed E-state index contributed by atoms with van der Waals surface area (Å²) in [5, 5.41) is 3.58. The van der Waals surface area contributed by atoms with Crippen molar-refractivity contribution in [3.63, 3.8) is 0 Å². The summed E-state index contributed by atoms with van der Waals surface area (Å²) in [7, 11) is 0. The second kappa shape index (κ2) is 2.80. The lowest BCUT2D eigenvalue weighted by atomic mass is 9.99. The molecule has 0 bridgehead atoms. The lowest BCUT2D eigenvalue weighted by Gasteiger charge is -2.13. The maximum atomic E-state index is 13.1. The second-order valence-corrected chi connectivity index (χ2v) is 4.55. The molecule has 2 heteroatoms. The molecule has 2 aliphatic rings. The fourth-order valence-electron chi connectivity index (χ4n) is 2.40. The molecule has 1 aromatic carbocycles. The molecule has 1 spiro atoms. The normalized spacial score (nSPS) is 22.9. The summed E-state index contributed by atoms with van der Waals surface area (Å²) in [5.74, 6) is -0.0959. The SMILES string of the molecule is Fc1ccc2c(c1)CC1(CC1)NCC2. The van der Waals surface area contributed by atoms with E-state index in [4.69, 9.17) is 0 Å². The number of halogens is 1. The van der Waals surface area contributed by atoms with E-state index in [1.165, 1.54) is 24.0 Å². The first-order valence-corrected chi connectivity index (χ1v) is 5.30. The Morgan fingerprint density at radius 3 is 2.86 bits per heavy atom. The summed E-state index contributed by atoms with van der Waals surface area (Å²) in [6.45, 7) is 1.04. The van der Waals surface area contributed by atoms with Crippen molar-refractivity contribution in [2.45, 2.75) is 31.2 Å². The highest BCUT2D eigenvalue weighted by molar-refractivity contribution is 5.33. The zero-order valence-corrected chi connectivity index (χ0v) is 8.15. The maximum Gasteiger partial charge on any atom is 0.123 e. The largest absolute Gasteiger partial charge is 0.311 e. The van der Waals surface area contributed by atoms with E-state index in [0.29, 0.717) is 5.54 Å². The molecule has 0 amide bonds. The van der Waals surface area contributed by atoms with Gasteiger partial charge in [0.15, 0.2) is 0 Å². The minimum absolute atomic E-state index is 0.0959. The molecule has 0 atom stereocenters. The van der Waals surface area contributed by atoms with Crippen molar-refractivity contribution in [3.05, 3.63) is 35.1 Å². The molecule has 1 aliphatic heterocycles. The Morgan fingerprint density at radius 2 is 2.07 bits per heavy atom. The second-order valence-electron chi connectivity index (χ2n) is 4.55. The van der Waals surface area contributed by atoms with Gasteiger partial charge in [0.25, 0.3) is 0 Å². The van der Waals surface area contributed by atoms with Crippen LogP contribution in [0, 0.1) is 5.82 Å². The van der Waals surface area contributed by atoms with Gasteiger partial charge in [-0.2, -0.15) is 0 Å². The van der Waals surface area contributed by atoms with Crippen molar-refractivity contribution in [3.8, 4) is 0 Å². The molecule has 1 aliphatic carbocycles. The third-order valence-electron chi connectivity index (χ3n) is 3.45. The van der Waals surface area contributed by atoms with Crippen LogP contribution in [0.3, 0.4) is 0 Å². The van der Waals surface area contributed by atoms with Crippen LogP contribution >= 0.6 is 0 Å². The van der Waals surface area contributed by atoms with E-state index in [-0.39, 0.29) is 5.82 Å². The van der Waals surface area contributed by atoms with Gasteiger partial charge in [-0.1, -0.05) is 6.07 Å². The molecule has 1 saturated carbocycles. The zero-order chi connectivity index (χ0) is 9.60. The van der Waals surface area contributed by atoms with Crippen molar-refractivity contribution < 1.29 is 4.39 Å². The highest BCUT2D eigenvalue weighted by Crippen LogP contribution is 2.40. The minimum atomic E-state index is -0.0959. The molecule has 0 saturated heterocycles. The Labute approximate surface area is 83.3 Å². The van der Waals surface area contributed by atoms with Crippen molar-refractivity contribution in [2.75, 3.05) is 6.54 Å². The van der Waals surface area contributed by atoms with E-state index in [9.17, 15) is 4.39 Å². The van der Waals surface area contributed by atoms with Gasteiger partial charge in [0.2, 0.25) is 0 Å². The van der Waals surface area contributed by atoms with E-state index in [0.717, 1.165) is 19.4 Å². The predicted molar refractivity (Wildman–Crippen MR) is 53.8 cm³/mol. The minimum Gasteiger partial charge on any atom is -0.311 e. The topological polar surface area (TPSA) is 12.0 Å². The van der Waals surface area contributed by atoms with Crippen molar-refractivity contribution in [1.29, 1.82) is 0 Å². The Morgan fingerprint density at radius 1 is 1.21 bits per heavy atom. The van der Waals surface area contributed by atoms with E-state index in [2.05, 4.69) is 5.32 Å². The number of benzene rings is 1. The van der Waals surface area contributed by atoms with Crippen molar-refractivity contribution >= 4 is 0 Å². The first kappa shape index (κ1) is 8.42. The molecule has 1 heterocycles. The predicted octanol–water partition coefficient (Wildman–Crippen LogP) is 2.05. The third kappa shape index (κ3) is 1.34. The Kier molecular flexibility index (Phi) is 1.68. The molecule has 1 fully saturated rings. The average molecular weight is 191 g/mol. The summed E-state index contributed by atoms with van der Waals surface area (Å²) in [5.41, 5.74) is 2.87. The monoisotopic (exact) mass is 191 g/mol. The fourth-order valence-corrected chi connectivity index (χ4v) is 2.40. The standard InChI is InChI=1S/C12H14FN/c13-11-2-1-9-3-6-14-12(4-5-12)8-10(9)7-11/h1-2,7,14H,3-6,8H2. The Hall–Kier alpha value is -0.890. The molecular weight excluding hydrogens is 177 g/mol. The van der Waals surface area contributed by atoms with Crippen LogP contribution in [0.25, 0.3) is 0 Å². The number of nitrogens with one attached hydrogen (secondary N) is 1. The Balaban J connectivity index is 2.00. The molecule has 0 aromatic heterocycles. The van der Waals surface area contributed by atoms with Gasteiger partial charge in [-0.25, -0.2) is 4.39 Å². The Bertz CT molecular complexity index is 369. The van der Waals surface area contributed by atoms with Gasteiger partial charge >= 0.3 is 0 Å². The molecule has 1 aromatic rings. The number of hydrogen-bond donors (Lipinski definition) is 1. The van der Waals surface area contributed by atoms with Gasteiger partial charge in [-0.15, -0.1) is 0 Å². The number of hydrogen-bond acceptors (Lipinski definition) is 1. The van der Waals surface area contributed by atoms with Crippen LogP contribution in [0.4, 0.5) is 4.39 Å². The smallest absolute Gasteiger partial charge is 0.123 e. The zero-order valence-electron chi connectivity index (χ0n) is 8.15. The third-order valence-corrected chi connectivity index (χ3v) is 3.45. The summed E-state index contributed by atoms with van der Waals surface area (Å²) >= 11 is 0. The van der Waals surface area contributed by atoms with E-state index in [1.54, 1.807) is 12.1 Å². The first-order chi connectivity index (χ1) is 6.77. The van der Waals surface area contributed by atoms with Crippen LogP contribution in [0.2, 0.25) is 0 Å². The van der Waals surface area contributed by atoms with Gasteiger partial charge in [0.1, 0.15) is 5.82 Å². The number of rotatable bonds is 0. The lowest BCUT2D eigenvalue weighted by Crippen LogP contribution is -2.32. The van der Waals surface area contributed by atoms with Crippen LogP contribution in [-0.2, 0) is 12.8 Å². The average Bonchev–Trinajstić information content (AvgIpc) is 2.92. The van der Waals surface area contributed by atoms with Crippen LogP contribution < -0.4 is 5.32 Å². The van der Waals surface area contributed by atoms with E-state index < -0.39 is 0 Å². The summed E-state index contributed by atoms with van der Waals surface area (Å²) in [4.78, 5) is 0. The fraction of sp³-hybridized carbons (Fsp3) is 0.500. The van der Waals surface area contributed by atoms with Crippen LogP contribution in [0.1, 0.15) is 24.0 Å². The lowest BCUT2D eigenvalue weighted by molar-refractivity contribution is 0.514. The molecule has 0 unspecified atom stereocenters. The first-order valence-electron chi connectivity index (χ1n) is 5.30. The van der Waals surface area contributed by atoms with Crippen LogP contribution in [0.5, 0.6) is 0 Å². The highest BCUT2D eigenvalue weighted by Gasteiger charge is 2.43. The molecule has 14 heavy (non-hydrogen) atoms. The van der Waals surface area contributed by atoms with E-state index in [1.807, 2.05) is 6.07 Å². The molecule has 0 radical (unpaired) electrons. The summed E-state index contributed by atoms with van der Waals surface area (Å²) in [6.07, 6.45) is 4.56. The quantitative estimate of drug-likeness (QED) is 0.661. The van der Waals surface area contributed by atoms with Gasteiger partial charge in [0.05, 0.1) is 0 Å². The van der Waals surface area contributed by atoms with Gasteiger partial charge in [-0.05, 0) is 55.5 Å². The molecule has 3 rings (SSSR count). The van der Waals surface area contributed by atoms with Crippen LogP contribution in [0.15, 0.2) is 18.2 Å². The van der Waals surface area contributed by atoms with Crippen molar-refractivity contribution in [1.82, 2.24) is 5.32 Å². The van der Waals surface area contributed by atoms with Crippen molar-refractivity contribution in [2.24, 2.45) is 0 Å². The summed E-state index contributed by atoms with van der Waals surface area (Å²) < 4.78 is 13.1. The molecular formula is C12H14FN. The van der Waals surface area contributed by atoms with Crippen LogP contribution in [-0.4, -0.2) is 12.1 Å². The van der Waals surface area contributed by atoms with Gasteiger partial charge in [0, 0.05) is 5.54 Å². The van der Waals surface area contributed by atoms with Gasteiger partial charge in [-0.3, -0.25) is 0 Å².